The molecule has 2 unspecified atom stereocenters. The zero-order valence-corrected chi connectivity index (χ0v) is 10.2. The van der Waals surface area contributed by atoms with Crippen molar-refractivity contribution in [3.8, 4) is 0 Å². The number of aliphatic imine (C=N–C) groups is 1. The van der Waals surface area contributed by atoms with E-state index >= 15 is 0 Å². The van der Waals surface area contributed by atoms with Gasteiger partial charge in [0.25, 0.3) is 0 Å². The van der Waals surface area contributed by atoms with Crippen LogP contribution in [-0.2, 0) is 10.8 Å². The van der Waals surface area contributed by atoms with Crippen molar-refractivity contribution in [3.63, 3.8) is 0 Å². The molecule has 15 heavy (non-hydrogen) atoms. The van der Waals surface area contributed by atoms with E-state index in [0.29, 0.717) is 6.04 Å². The standard InChI is InChI=1S/C10H19N3OS/c1-8-6-11-9(13-8)12-7-10(15(2)14)4-3-5-10/h8H,3-7H2,1-2H3,(H2,11,12,13). The van der Waals surface area contributed by atoms with Crippen LogP contribution >= 0.6 is 0 Å². The second-order valence-electron chi connectivity index (χ2n) is 4.58. The molecule has 1 saturated carbocycles. The van der Waals surface area contributed by atoms with Crippen LogP contribution in [0.4, 0.5) is 0 Å². The first-order valence-corrected chi connectivity index (χ1v) is 7.07. The maximum absolute atomic E-state index is 11.6. The lowest BCUT2D eigenvalue weighted by molar-refractivity contribution is 0.349. The Balaban J connectivity index is 1.84. The Labute approximate surface area is 93.4 Å². The average molecular weight is 229 g/mol. The molecule has 86 valence electrons. The van der Waals surface area contributed by atoms with Crippen molar-refractivity contribution in [1.29, 1.82) is 0 Å². The van der Waals surface area contributed by atoms with Crippen molar-refractivity contribution < 1.29 is 4.21 Å². The number of guanidine groups is 1. The van der Waals surface area contributed by atoms with E-state index in [-0.39, 0.29) is 4.75 Å². The number of hydrogen-bond acceptors (Lipinski definition) is 4. The van der Waals surface area contributed by atoms with Gasteiger partial charge in [0.05, 0.1) is 11.3 Å². The quantitative estimate of drug-likeness (QED) is 0.728. The fourth-order valence-electron chi connectivity index (χ4n) is 2.04. The minimum Gasteiger partial charge on any atom is -0.355 e. The normalized spacial score (nSPS) is 30.0. The van der Waals surface area contributed by atoms with Crippen LogP contribution in [0.25, 0.3) is 0 Å². The molecule has 2 atom stereocenters. The maximum Gasteiger partial charge on any atom is 0.191 e. The van der Waals surface area contributed by atoms with Gasteiger partial charge in [-0.25, -0.2) is 0 Å². The Bertz CT molecular complexity index is 299. The number of rotatable bonds is 3. The summed E-state index contributed by atoms with van der Waals surface area (Å²) in [5, 5.41) is 6.54. The second-order valence-corrected chi connectivity index (χ2v) is 6.35. The number of nitrogens with one attached hydrogen (secondary N) is 2. The summed E-state index contributed by atoms with van der Waals surface area (Å²) in [5.74, 6) is 0.874. The van der Waals surface area contributed by atoms with E-state index in [4.69, 9.17) is 0 Å². The summed E-state index contributed by atoms with van der Waals surface area (Å²) in [4.78, 5) is 4.33. The number of hydrogen-bond donors (Lipinski definition) is 2. The van der Waals surface area contributed by atoms with Crippen molar-refractivity contribution >= 4 is 16.8 Å². The Hall–Kier alpha value is -0.580. The lowest BCUT2D eigenvalue weighted by Gasteiger charge is -2.40. The molecule has 2 rings (SSSR count). The molecule has 0 bridgehead atoms. The van der Waals surface area contributed by atoms with E-state index in [1.54, 1.807) is 0 Å². The molecule has 5 heteroatoms. The molecule has 1 heterocycles. The molecule has 0 aromatic heterocycles. The van der Waals surface area contributed by atoms with Crippen molar-refractivity contribution in [2.45, 2.75) is 37.0 Å². The minimum atomic E-state index is -0.736. The highest BCUT2D eigenvalue weighted by atomic mass is 32.2. The molecule has 0 amide bonds. The highest BCUT2D eigenvalue weighted by molar-refractivity contribution is 7.85. The van der Waals surface area contributed by atoms with Crippen LogP contribution < -0.4 is 10.6 Å². The summed E-state index contributed by atoms with van der Waals surface area (Å²) in [7, 11) is -0.736. The van der Waals surface area contributed by atoms with E-state index in [2.05, 4.69) is 22.5 Å². The molecule has 0 aromatic rings. The molecule has 2 aliphatic rings. The molecule has 1 aliphatic heterocycles. The molecule has 0 radical (unpaired) electrons. The molecular weight excluding hydrogens is 210 g/mol. The molecule has 2 N–H and O–H groups in total. The predicted octanol–water partition coefficient (Wildman–Crippen LogP) is 0.225. The maximum atomic E-state index is 11.6. The Morgan fingerprint density at radius 2 is 2.40 bits per heavy atom. The SMILES string of the molecule is CC1CN=C(NCC2(S(C)=O)CCC2)N1. The van der Waals surface area contributed by atoms with Crippen molar-refractivity contribution in [2.24, 2.45) is 4.99 Å². The van der Waals surface area contributed by atoms with Crippen LogP contribution in [0.2, 0.25) is 0 Å². The van der Waals surface area contributed by atoms with E-state index in [1.807, 2.05) is 6.26 Å². The molecular formula is C10H19N3OS. The zero-order valence-electron chi connectivity index (χ0n) is 9.38. The largest absolute Gasteiger partial charge is 0.355 e. The van der Waals surface area contributed by atoms with Crippen molar-refractivity contribution in [3.05, 3.63) is 0 Å². The zero-order chi connectivity index (χ0) is 10.9. The monoisotopic (exact) mass is 229 g/mol. The fraction of sp³-hybridized carbons (Fsp3) is 0.900. The predicted molar refractivity (Wildman–Crippen MR) is 63.6 cm³/mol. The van der Waals surface area contributed by atoms with Crippen LogP contribution in [0, 0.1) is 0 Å². The third-order valence-electron chi connectivity index (χ3n) is 3.36. The topological polar surface area (TPSA) is 53.5 Å². The summed E-state index contributed by atoms with van der Waals surface area (Å²) in [5.41, 5.74) is 0. The van der Waals surface area contributed by atoms with Crippen LogP contribution in [0.1, 0.15) is 26.2 Å². The molecule has 0 spiro atoms. The van der Waals surface area contributed by atoms with Gasteiger partial charge in [-0.15, -0.1) is 0 Å². The third kappa shape index (κ3) is 2.17. The minimum absolute atomic E-state index is 0.00995. The molecule has 1 fully saturated rings. The van der Waals surface area contributed by atoms with Crippen LogP contribution in [0.15, 0.2) is 4.99 Å². The van der Waals surface area contributed by atoms with Gasteiger partial charge in [-0.05, 0) is 19.8 Å². The Kier molecular flexibility index (Phi) is 3.00. The summed E-state index contributed by atoms with van der Waals surface area (Å²) in [6.07, 6.45) is 5.17. The first kappa shape index (κ1) is 10.9. The van der Waals surface area contributed by atoms with E-state index in [9.17, 15) is 4.21 Å². The first-order valence-electron chi connectivity index (χ1n) is 5.51. The Morgan fingerprint density at radius 1 is 1.67 bits per heavy atom. The van der Waals surface area contributed by atoms with E-state index in [0.717, 1.165) is 31.9 Å². The van der Waals surface area contributed by atoms with Gasteiger partial charge in [-0.2, -0.15) is 0 Å². The van der Waals surface area contributed by atoms with Crippen LogP contribution in [0.3, 0.4) is 0 Å². The van der Waals surface area contributed by atoms with Gasteiger partial charge in [0.15, 0.2) is 5.96 Å². The van der Waals surface area contributed by atoms with Gasteiger partial charge in [0.1, 0.15) is 0 Å². The van der Waals surface area contributed by atoms with Crippen LogP contribution in [-0.4, -0.2) is 40.3 Å². The lowest BCUT2D eigenvalue weighted by atomic mass is 9.84. The van der Waals surface area contributed by atoms with Crippen molar-refractivity contribution in [2.75, 3.05) is 19.3 Å². The van der Waals surface area contributed by atoms with Gasteiger partial charge in [0.2, 0.25) is 0 Å². The average Bonchev–Trinajstić information content (AvgIpc) is 2.49. The highest BCUT2D eigenvalue weighted by Gasteiger charge is 2.41. The first-order chi connectivity index (χ1) is 7.12. The number of nitrogens with zero attached hydrogens (tertiary/aromatic N) is 1. The van der Waals surface area contributed by atoms with Gasteiger partial charge >= 0.3 is 0 Å². The molecule has 0 aromatic carbocycles. The smallest absolute Gasteiger partial charge is 0.191 e. The Morgan fingerprint density at radius 3 is 2.80 bits per heavy atom. The van der Waals surface area contributed by atoms with Crippen LogP contribution in [0.5, 0.6) is 0 Å². The van der Waals surface area contributed by atoms with E-state index in [1.165, 1.54) is 6.42 Å². The van der Waals surface area contributed by atoms with Gasteiger partial charge in [-0.3, -0.25) is 9.20 Å². The summed E-state index contributed by atoms with van der Waals surface area (Å²) >= 11 is 0. The van der Waals surface area contributed by atoms with Gasteiger partial charge in [-0.1, -0.05) is 6.42 Å². The fourth-order valence-corrected chi connectivity index (χ4v) is 3.18. The second kappa shape index (κ2) is 4.12. The molecule has 4 nitrogen and oxygen atoms in total. The lowest BCUT2D eigenvalue weighted by Crippen LogP contribution is -2.52. The third-order valence-corrected chi connectivity index (χ3v) is 5.13. The van der Waals surface area contributed by atoms with E-state index < -0.39 is 10.8 Å². The summed E-state index contributed by atoms with van der Waals surface area (Å²) in [6, 6.07) is 0.428. The molecule has 0 saturated heterocycles. The summed E-state index contributed by atoms with van der Waals surface area (Å²) in [6.45, 7) is 3.73. The van der Waals surface area contributed by atoms with Gasteiger partial charge < -0.3 is 10.6 Å². The highest BCUT2D eigenvalue weighted by Crippen LogP contribution is 2.36. The van der Waals surface area contributed by atoms with Gasteiger partial charge in [0, 0.05) is 29.6 Å². The molecule has 1 aliphatic carbocycles. The summed E-state index contributed by atoms with van der Waals surface area (Å²) < 4.78 is 11.6. The van der Waals surface area contributed by atoms with Crippen molar-refractivity contribution in [1.82, 2.24) is 10.6 Å².